The molecule has 452 valence electrons. The number of carbonyl (C=O) groups excluding carboxylic acids is 4. The number of aryl methyl sites for hydroxylation is 1. The van der Waals surface area contributed by atoms with Crippen molar-refractivity contribution in [3.8, 4) is 11.5 Å². The number of piperazine rings is 1. The third kappa shape index (κ3) is 23.3. The topological polar surface area (TPSA) is 207 Å². The molecule has 7 rings (SSSR count). The van der Waals surface area contributed by atoms with Crippen molar-refractivity contribution in [2.75, 3.05) is 130 Å². The number of nitrogens with zero attached hydrogens (tertiary/aromatic N) is 8. The fourth-order valence-corrected chi connectivity index (χ4v) is 10.0. The summed E-state index contributed by atoms with van der Waals surface area (Å²) in [6, 6.07) is 21.4. The summed E-state index contributed by atoms with van der Waals surface area (Å²) in [5.41, 5.74) is 4.72. The standard InChI is InChI=1S/C62H82BrN11O9S/c1-5-9-47(6-2)43-64-60(77)59(50-15-17-51(63)18-16-50)74(44-49-10-11-49)57(75)25-14-48-12-21-55(22-13-48)82-34-8-7-27-70(3)32-36-80-39-38-79-35-26-53-45-73(69-68-53)33-37-81-40-41-83-56-23-19-52(20-24-56)65-61(78)67-62-66-54(46-84-62)42-58(76)72-30-28-71(4)29-31-72/h5-6,9,12-13,15-24,45-46,49,59H,1-2,7-8,10-11,14,25-44H2,3-4H3,(H,64,77)(H2,65,66,67,78)/b47-9+. The molecule has 2 aliphatic rings. The lowest BCUT2D eigenvalue weighted by molar-refractivity contribution is -0.141. The van der Waals surface area contributed by atoms with E-state index in [1.165, 1.54) is 11.3 Å². The van der Waals surface area contributed by atoms with E-state index < -0.39 is 12.1 Å². The van der Waals surface area contributed by atoms with Crippen molar-refractivity contribution in [1.82, 2.24) is 44.9 Å². The molecule has 5 amide bonds. The lowest BCUT2D eigenvalue weighted by atomic mass is 10.0. The molecule has 3 aromatic carbocycles. The number of hydrogen-bond donors (Lipinski definition) is 3. The van der Waals surface area contributed by atoms with Gasteiger partial charge in [-0.2, -0.15) is 0 Å². The van der Waals surface area contributed by atoms with Gasteiger partial charge in [0.05, 0.1) is 70.6 Å². The van der Waals surface area contributed by atoms with Gasteiger partial charge < -0.3 is 53.9 Å². The first-order chi connectivity index (χ1) is 40.9. The molecule has 1 aliphatic heterocycles. The van der Waals surface area contributed by atoms with Crippen LogP contribution in [-0.2, 0) is 54.4 Å². The summed E-state index contributed by atoms with van der Waals surface area (Å²) in [7, 11) is 4.14. The van der Waals surface area contributed by atoms with Crippen molar-refractivity contribution in [2.45, 2.75) is 64.0 Å². The van der Waals surface area contributed by atoms with Crippen LogP contribution in [0.5, 0.6) is 11.5 Å². The highest BCUT2D eigenvalue weighted by Crippen LogP contribution is 2.34. The predicted molar refractivity (Wildman–Crippen MR) is 330 cm³/mol. The van der Waals surface area contributed by atoms with Gasteiger partial charge >= 0.3 is 6.03 Å². The number of unbranched alkanes of at least 4 members (excludes halogenated alkanes) is 1. The summed E-state index contributed by atoms with van der Waals surface area (Å²) >= 11 is 4.79. The first-order valence-corrected chi connectivity index (χ1v) is 30.6. The zero-order valence-corrected chi connectivity index (χ0v) is 51.0. The van der Waals surface area contributed by atoms with Crippen LogP contribution in [0.2, 0.25) is 0 Å². The van der Waals surface area contributed by atoms with Gasteiger partial charge in [0.1, 0.15) is 24.1 Å². The van der Waals surface area contributed by atoms with Gasteiger partial charge in [-0.3, -0.25) is 19.7 Å². The van der Waals surface area contributed by atoms with E-state index in [2.05, 4.69) is 77.2 Å². The summed E-state index contributed by atoms with van der Waals surface area (Å²) in [6.45, 7) is 17.9. The van der Waals surface area contributed by atoms with Gasteiger partial charge in [0, 0.05) is 80.4 Å². The molecule has 22 heteroatoms. The summed E-state index contributed by atoms with van der Waals surface area (Å²) in [4.78, 5) is 65.6. The molecule has 0 bridgehead atoms. The molecule has 1 saturated carbocycles. The minimum atomic E-state index is -0.753. The normalized spacial score (nSPS) is 14.0. The molecule has 2 aromatic heterocycles. The number of hydrogen-bond acceptors (Lipinski definition) is 15. The van der Waals surface area contributed by atoms with Gasteiger partial charge in [-0.1, -0.05) is 76.8 Å². The largest absolute Gasteiger partial charge is 0.494 e. The minimum Gasteiger partial charge on any atom is -0.494 e. The lowest BCUT2D eigenvalue weighted by Gasteiger charge is -2.32. The van der Waals surface area contributed by atoms with Crippen LogP contribution < -0.4 is 25.4 Å². The Morgan fingerprint density at radius 1 is 0.798 bits per heavy atom. The SMILES string of the molecule is C=C/C=C(\C=C)CNC(=O)C(c1ccc(Br)cc1)N(CC1CC1)C(=O)CCc1ccc(OCCCCN(C)CCOCCOCCc2cn(CCOCCOc3ccc(NC(=O)Nc4nc(CC(=O)N5CCN(C)CC5)cs4)cc3)nn2)cc1. The molecule has 1 atom stereocenters. The van der Waals surface area contributed by atoms with Gasteiger partial charge in [-0.25, -0.2) is 14.5 Å². The molecule has 20 nitrogen and oxygen atoms in total. The molecular formula is C62H82BrN11O9S. The second-order valence-corrected chi connectivity index (χ2v) is 22.6. The number of aromatic nitrogens is 4. The fourth-order valence-electron chi connectivity index (χ4n) is 9.04. The van der Waals surface area contributed by atoms with E-state index >= 15 is 0 Å². The molecule has 1 saturated heterocycles. The van der Waals surface area contributed by atoms with E-state index in [-0.39, 0.29) is 30.6 Å². The van der Waals surface area contributed by atoms with Crippen molar-refractivity contribution >= 4 is 61.8 Å². The number of urea groups is 1. The fraction of sp³-hybridized carbons (Fsp3) is 0.468. The maximum atomic E-state index is 14.0. The predicted octanol–water partition coefficient (Wildman–Crippen LogP) is 8.25. The number of thiazole rings is 1. The summed E-state index contributed by atoms with van der Waals surface area (Å²) in [6.07, 6.45) is 12.8. The number of halogens is 1. The maximum absolute atomic E-state index is 14.0. The van der Waals surface area contributed by atoms with E-state index in [1.807, 2.05) is 72.8 Å². The van der Waals surface area contributed by atoms with Crippen LogP contribution >= 0.6 is 27.3 Å². The molecule has 3 heterocycles. The minimum absolute atomic E-state index is 0.0467. The smallest absolute Gasteiger partial charge is 0.325 e. The molecular weight excluding hydrogens is 1150 g/mol. The lowest BCUT2D eigenvalue weighted by Crippen LogP contribution is -2.47. The molecule has 1 aliphatic carbocycles. The van der Waals surface area contributed by atoms with E-state index in [4.69, 9.17) is 23.7 Å². The molecule has 84 heavy (non-hydrogen) atoms. The van der Waals surface area contributed by atoms with Crippen molar-refractivity contribution in [2.24, 2.45) is 5.92 Å². The van der Waals surface area contributed by atoms with Crippen molar-refractivity contribution in [1.29, 1.82) is 0 Å². The summed E-state index contributed by atoms with van der Waals surface area (Å²) in [5, 5.41) is 19.2. The molecule has 0 spiro atoms. The highest BCUT2D eigenvalue weighted by atomic mass is 79.9. The Morgan fingerprint density at radius 2 is 1.50 bits per heavy atom. The Hall–Kier alpha value is -6.79. The average molecular weight is 1240 g/mol. The Balaban J connectivity index is 0.664. The first kappa shape index (κ1) is 64.8. The van der Waals surface area contributed by atoms with Crippen molar-refractivity contribution < 1.29 is 42.9 Å². The van der Waals surface area contributed by atoms with Crippen LogP contribution in [0.25, 0.3) is 0 Å². The zero-order chi connectivity index (χ0) is 59.3. The number of allylic oxidation sites excluding steroid dienone is 2. The quantitative estimate of drug-likeness (QED) is 0.0251. The van der Waals surface area contributed by atoms with Gasteiger partial charge in [-0.15, -0.1) is 16.4 Å². The number of ether oxygens (including phenoxy) is 5. The van der Waals surface area contributed by atoms with E-state index in [0.29, 0.717) is 127 Å². The Labute approximate surface area is 506 Å². The molecule has 1 unspecified atom stereocenters. The maximum Gasteiger partial charge on any atom is 0.325 e. The zero-order valence-electron chi connectivity index (χ0n) is 48.6. The van der Waals surface area contributed by atoms with Gasteiger partial charge in [-0.05, 0) is 124 Å². The Morgan fingerprint density at radius 3 is 2.23 bits per heavy atom. The highest BCUT2D eigenvalue weighted by Gasteiger charge is 2.35. The van der Waals surface area contributed by atoms with Crippen LogP contribution in [0.1, 0.15) is 60.7 Å². The van der Waals surface area contributed by atoms with Gasteiger partial charge in [0.15, 0.2) is 5.13 Å². The summed E-state index contributed by atoms with van der Waals surface area (Å²) < 4.78 is 31.9. The molecule has 0 radical (unpaired) electrons. The number of anilines is 2. The monoisotopic (exact) mass is 1240 g/mol. The number of likely N-dealkylation sites (N-methyl/N-ethyl adjacent to an activating group) is 2. The van der Waals surface area contributed by atoms with Crippen molar-refractivity contribution in [3.63, 3.8) is 0 Å². The second kappa shape index (κ2) is 35.5. The number of benzene rings is 3. The van der Waals surface area contributed by atoms with Crippen LogP contribution in [0.4, 0.5) is 15.6 Å². The summed E-state index contributed by atoms with van der Waals surface area (Å²) in [5.74, 6) is 1.61. The number of amides is 5. The van der Waals surface area contributed by atoms with Crippen LogP contribution in [0.15, 0.2) is 126 Å². The molecule has 5 aromatic rings. The first-order valence-electron chi connectivity index (χ1n) is 28.9. The number of carbonyl (C=O) groups is 4. The van der Waals surface area contributed by atoms with E-state index in [1.54, 1.807) is 51.4 Å². The second-order valence-electron chi connectivity index (χ2n) is 20.9. The third-order valence-corrected chi connectivity index (χ3v) is 15.5. The number of nitrogens with one attached hydrogen (secondary N) is 3. The van der Waals surface area contributed by atoms with Crippen molar-refractivity contribution in [3.05, 3.63) is 148 Å². The average Bonchev–Trinajstić information content (AvgIpc) is 4.19. The van der Waals surface area contributed by atoms with Crippen LogP contribution in [0.3, 0.4) is 0 Å². The van der Waals surface area contributed by atoms with Crippen LogP contribution in [0, 0.1) is 5.92 Å². The van der Waals surface area contributed by atoms with E-state index in [0.717, 1.165) is 84.5 Å². The molecule has 3 N–H and O–H groups in total. The third-order valence-electron chi connectivity index (χ3n) is 14.1. The van der Waals surface area contributed by atoms with Gasteiger partial charge in [0.2, 0.25) is 17.7 Å². The Kier molecular flexibility index (Phi) is 27.4. The Bertz CT molecular complexity index is 2860. The van der Waals surface area contributed by atoms with E-state index in [9.17, 15) is 19.2 Å². The van der Waals surface area contributed by atoms with Crippen LogP contribution in [-0.4, -0.2) is 183 Å². The van der Waals surface area contributed by atoms with Gasteiger partial charge in [0.25, 0.3) is 0 Å². The number of rotatable bonds is 38. The molecule has 2 fully saturated rings. The highest BCUT2D eigenvalue weighted by molar-refractivity contribution is 9.10.